The summed E-state index contributed by atoms with van der Waals surface area (Å²) in [4.78, 5) is 39.0. The van der Waals surface area contributed by atoms with E-state index in [4.69, 9.17) is 0 Å². The molecule has 1 amide bonds. The normalized spacial score (nSPS) is 12.1. The second-order valence-corrected chi connectivity index (χ2v) is 5.37. The van der Waals surface area contributed by atoms with E-state index in [9.17, 15) is 14.4 Å². The summed E-state index contributed by atoms with van der Waals surface area (Å²) in [5.41, 5.74) is 0.105. The van der Waals surface area contributed by atoms with Gasteiger partial charge < -0.3 is 5.32 Å². The molecule has 0 saturated carbocycles. The number of nitrogens with one attached hydrogen (secondary N) is 3. The molecule has 0 unspecified atom stereocenters. The van der Waals surface area contributed by atoms with Crippen molar-refractivity contribution in [1.29, 1.82) is 0 Å². The van der Waals surface area contributed by atoms with Crippen LogP contribution in [0.25, 0.3) is 0 Å². The molecule has 2 aromatic rings. The summed E-state index contributed by atoms with van der Waals surface area (Å²) < 4.78 is 0. The molecule has 0 saturated heterocycles. The van der Waals surface area contributed by atoms with Crippen LogP contribution in [0.2, 0.25) is 0 Å². The fraction of sp³-hybridized carbons (Fsp3) is 0.333. The van der Waals surface area contributed by atoms with Gasteiger partial charge in [0, 0.05) is 24.0 Å². The van der Waals surface area contributed by atoms with Gasteiger partial charge in [-0.15, -0.1) is 0 Å². The van der Waals surface area contributed by atoms with Gasteiger partial charge in [0.05, 0.1) is 12.5 Å². The molecular formula is C15H18N4O3. The Morgan fingerprint density at radius 3 is 2.73 bits per heavy atom. The highest BCUT2D eigenvalue weighted by Gasteiger charge is 2.19. The van der Waals surface area contributed by atoms with Crippen LogP contribution in [0.3, 0.4) is 0 Å². The van der Waals surface area contributed by atoms with Crippen LogP contribution in [-0.2, 0) is 11.2 Å². The molecule has 3 N–H and O–H groups in total. The molecule has 0 aromatic carbocycles. The number of amides is 1. The van der Waals surface area contributed by atoms with Gasteiger partial charge >= 0.3 is 0 Å². The van der Waals surface area contributed by atoms with Crippen molar-refractivity contribution >= 4 is 5.91 Å². The zero-order valence-electron chi connectivity index (χ0n) is 12.4. The Bertz CT molecular complexity index is 749. The van der Waals surface area contributed by atoms with Gasteiger partial charge in [0.1, 0.15) is 0 Å². The van der Waals surface area contributed by atoms with Crippen molar-refractivity contribution in [2.45, 2.75) is 26.3 Å². The first-order valence-corrected chi connectivity index (χ1v) is 6.97. The predicted molar refractivity (Wildman–Crippen MR) is 81.3 cm³/mol. The van der Waals surface area contributed by atoms with Gasteiger partial charge in [0.15, 0.2) is 0 Å². The lowest BCUT2D eigenvalue weighted by atomic mass is 9.97. The van der Waals surface area contributed by atoms with Crippen molar-refractivity contribution in [2.75, 3.05) is 0 Å². The lowest BCUT2D eigenvalue weighted by Crippen LogP contribution is -2.35. The number of H-pyrrole nitrogens is 2. The highest BCUT2D eigenvalue weighted by atomic mass is 16.2. The molecule has 7 heteroatoms. The fourth-order valence-corrected chi connectivity index (χ4v) is 2.18. The van der Waals surface area contributed by atoms with Gasteiger partial charge in [-0.3, -0.25) is 29.6 Å². The van der Waals surface area contributed by atoms with E-state index in [1.165, 1.54) is 0 Å². The smallest absolute Gasteiger partial charge is 0.266 e. The minimum atomic E-state index is -0.475. The topological polar surface area (TPSA) is 108 Å². The van der Waals surface area contributed by atoms with Crippen molar-refractivity contribution in [3.63, 3.8) is 0 Å². The van der Waals surface area contributed by atoms with Crippen molar-refractivity contribution in [1.82, 2.24) is 20.5 Å². The summed E-state index contributed by atoms with van der Waals surface area (Å²) in [6.07, 6.45) is 3.21. The van der Waals surface area contributed by atoms with E-state index in [-0.39, 0.29) is 29.9 Å². The zero-order valence-corrected chi connectivity index (χ0v) is 12.4. The molecule has 116 valence electrons. The highest BCUT2D eigenvalue weighted by molar-refractivity contribution is 5.78. The molecule has 0 bridgehead atoms. The fourth-order valence-electron chi connectivity index (χ4n) is 2.18. The third kappa shape index (κ3) is 3.91. The van der Waals surface area contributed by atoms with E-state index in [2.05, 4.69) is 20.5 Å². The number of rotatable bonds is 5. The third-order valence-electron chi connectivity index (χ3n) is 3.27. The minimum Gasteiger partial charge on any atom is -0.349 e. The van der Waals surface area contributed by atoms with Crippen LogP contribution in [-0.4, -0.2) is 21.1 Å². The van der Waals surface area contributed by atoms with Crippen LogP contribution in [0, 0.1) is 5.92 Å². The van der Waals surface area contributed by atoms with Gasteiger partial charge in [-0.05, 0) is 17.5 Å². The molecule has 0 aliphatic heterocycles. The summed E-state index contributed by atoms with van der Waals surface area (Å²) in [5, 5.41) is 7.25. The first kappa shape index (κ1) is 15.7. The molecule has 0 spiro atoms. The van der Waals surface area contributed by atoms with E-state index in [0.29, 0.717) is 0 Å². The molecule has 7 nitrogen and oxygen atoms in total. The summed E-state index contributed by atoms with van der Waals surface area (Å²) in [7, 11) is 0. The van der Waals surface area contributed by atoms with E-state index in [1.807, 2.05) is 19.9 Å². The molecule has 2 rings (SSSR count). The molecule has 1 atom stereocenters. The van der Waals surface area contributed by atoms with E-state index >= 15 is 0 Å². The molecule has 0 aliphatic rings. The molecule has 2 aromatic heterocycles. The Labute approximate surface area is 126 Å². The molecule has 0 fully saturated rings. The maximum absolute atomic E-state index is 12.2. The van der Waals surface area contributed by atoms with Crippen LogP contribution < -0.4 is 16.4 Å². The lowest BCUT2D eigenvalue weighted by molar-refractivity contribution is -0.121. The maximum atomic E-state index is 12.2. The number of hydrogen-bond acceptors (Lipinski definition) is 4. The monoisotopic (exact) mass is 302 g/mol. The van der Waals surface area contributed by atoms with Crippen LogP contribution in [0.5, 0.6) is 0 Å². The highest BCUT2D eigenvalue weighted by Crippen LogP contribution is 2.20. The molecule has 0 radical (unpaired) electrons. The van der Waals surface area contributed by atoms with Crippen LogP contribution in [0.4, 0.5) is 0 Å². The number of aromatic amines is 2. The molecular weight excluding hydrogens is 284 g/mol. The number of hydrogen-bond donors (Lipinski definition) is 3. The third-order valence-corrected chi connectivity index (χ3v) is 3.27. The summed E-state index contributed by atoms with van der Waals surface area (Å²) >= 11 is 0. The Morgan fingerprint density at radius 1 is 1.32 bits per heavy atom. The molecule has 22 heavy (non-hydrogen) atoms. The van der Waals surface area contributed by atoms with Crippen LogP contribution in [0.15, 0.2) is 40.2 Å². The largest absolute Gasteiger partial charge is 0.349 e. The van der Waals surface area contributed by atoms with Gasteiger partial charge in [-0.1, -0.05) is 19.9 Å². The second kappa shape index (κ2) is 6.84. The Balaban J connectivity index is 2.14. The Hall–Kier alpha value is -2.70. The Morgan fingerprint density at radius 2 is 2.09 bits per heavy atom. The van der Waals surface area contributed by atoms with Crippen molar-refractivity contribution in [2.24, 2.45) is 5.92 Å². The summed E-state index contributed by atoms with van der Waals surface area (Å²) in [6.45, 7) is 3.97. The average molecular weight is 302 g/mol. The van der Waals surface area contributed by atoms with E-state index < -0.39 is 11.1 Å². The zero-order chi connectivity index (χ0) is 16.1. The number of aromatic nitrogens is 3. The molecule has 0 aliphatic carbocycles. The van der Waals surface area contributed by atoms with Crippen molar-refractivity contribution < 1.29 is 4.79 Å². The first-order valence-electron chi connectivity index (χ1n) is 6.97. The van der Waals surface area contributed by atoms with Crippen molar-refractivity contribution in [3.05, 3.63) is 62.4 Å². The SMILES string of the molecule is CC(C)[C@@H](NC(=O)Cc1cc(=O)[nH][nH]c1=O)c1cccnc1. The minimum absolute atomic E-state index is 0.134. The van der Waals surface area contributed by atoms with E-state index in [0.717, 1.165) is 11.6 Å². The summed E-state index contributed by atoms with van der Waals surface area (Å²) in [5.74, 6) is -0.163. The number of pyridine rings is 1. The maximum Gasteiger partial charge on any atom is 0.266 e. The van der Waals surface area contributed by atoms with Gasteiger partial charge in [-0.2, -0.15) is 0 Å². The Kier molecular flexibility index (Phi) is 4.88. The quantitative estimate of drug-likeness (QED) is 0.748. The standard InChI is InChI=1S/C15H18N4O3/c1-9(2)14(10-4-3-5-16-8-10)17-12(20)6-11-7-13(21)18-19-15(11)22/h3-5,7-9,14H,6H2,1-2H3,(H,17,20)(H,18,21)(H,19,22)/t14-/m1/s1. The summed E-state index contributed by atoms with van der Waals surface area (Å²) in [6, 6.07) is 4.62. The van der Waals surface area contributed by atoms with E-state index in [1.54, 1.807) is 18.5 Å². The van der Waals surface area contributed by atoms with Gasteiger partial charge in [0.2, 0.25) is 5.91 Å². The van der Waals surface area contributed by atoms with Gasteiger partial charge in [0.25, 0.3) is 11.1 Å². The second-order valence-electron chi connectivity index (χ2n) is 5.37. The van der Waals surface area contributed by atoms with Gasteiger partial charge in [-0.25, -0.2) is 0 Å². The number of carbonyl (C=O) groups excluding carboxylic acids is 1. The number of carbonyl (C=O) groups is 1. The number of nitrogens with zero attached hydrogens (tertiary/aromatic N) is 1. The van der Waals surface area contributed by atoms with Crippen molar-refractivity contribution in [3.8, 4) is 0 Å². The first-order chi connectivity index (χ1) is 10.5. The molecule has 2 heterocycles. The van der Waals surface area contributed by atoms with Crippen LogP contribution >= 0.6 is 0 Å². The van der Waals surface area contributed by atoms with Crippen LogP contribution in [0.1, 0.15) is 31.0 Å². The lowest BCUT2D eigenvalue weighted by Gasteiger charge is -2.22. The average Bonchev–Trinajstić information content (AvgIpc) is 2.49. The predicted octanol–water partition coefficient (Wildman–Crippen LogP) is 0.514.